The van der Waals surface area contributed by atoms with Crippen LogP contribution in [0.15, 0.2) is 66.9 Å². The monoisotopic (exact) mass is 379 g/mol. The molecule has 0 aliphatic heterocycles. The van der Waals surface area contributed by atoms with Crippen LogP contribution in [0.5, 0.6) is 5.75 Å². The molecule has 2 N–H and O–H groups in total. The summed E-state index contributed by atoms with van der Waals surface area (Å²) in [5.41, 5.74) is 1.21. The van der Waals surface area contributed by atoms with Gasteiger partial charge in [0.05, 0.1) is 6.61 Å². The van der Waals surface area contributed by atoms with Gasteiger partial charge in [-0.1, -0.05) is 6.07 Å². The molecule has 2 aromatic carbocycles. The quantitative estimate of drug-likeness (QED) is 0.675. The molecule has 0 bridgehead atoms. The Kier molecular flexibility index (Phi) is 5.96. The summed E-state index contributed by atoms with van der Waals surface area (Å²) in [5, 5.41) is 5.29. The van der Waals surface area contributed by atoms with Crippen LogP contribution in [-0.2, 0) is 0 Å². The number of nitrogens with zero attached hydrogens (tertiary/aromatic N) is 1. The Morgan fingerprint density at radius 1 is 0.964 bits per heavy atom. The van der Waals surface area contributed by atoms with Crippen molar-refractivity contribution in [3.05, 3.63) is 83.9 Å². The Morgan fingerprint density at radius 2 is 1.71 bits per heavy atom. The smallest absolute Gasteiger partial charge is 0.274 e. The minimum Gasteiger partial charge on any atom is -0.494 e. The van der Waals surface area contributed by atoms with E-state index in [2.05, 4.69) is 15.6 Å². The van der Waals surface area contributed by atoms with Crippen LogP contribution in [0.3, 0.4) is 0 Å². The van der Waals surface area contributed by atoms with Crippen molar-refractivity contribution in [2.45, 2.75) is 6.92 Å². The van der Waals surface area contributed by atoms with Gasteiger partial charge >= 0.3 is 0 Å². The zero-order chi connectivity index (χ0) is 19.9. The minimum absolute atomic E-state index is 0.0841. The Morgan fingerprint density at radius 3 is 2.43 bits per heavy atom. The lowest BCUT2D eigenvalue weighted by Gasteiger charge is -2.08. The van der Waals surface area contributed by atoms with Gasteiger partial charge < -0.3 is 15.4 Å². The van der Waals surface area contributed by atoms with Crippen molar-refractivity contribution in [2.75, 3.05) is 17.2 Å². The van der Waals surface area contributed by atoms with Crippen LogP contribution >= 0.6 is 0 Å². The van der Waals surface area contributed by atoms with Crippen molar-refractivity contribution < 1.29 is 18.7 Å². The minimum atomic E-state index is -0.469. The maximum Gasteiger partial charge on any atom is 0.274 e. The fraction of sp³-hybridized carbons (Fsp3) is 0.0952. The number of carbonyl (C=O) groups excluding carboxylic acids is 2. The number of pyridine rings is 1. The number of rotatable bonds is 6. The van der Waals surface area contributed by atoms with Crippen LogP contribution < -0.4 is 15.4 Å². The third-order valence-corrected chi connectivity index (χ3v) is 3.76. The number of amides is 2. The number of hydrogen-bond acceptors (Lipinski definition) is 4. The molecular weight excluding hydrogens is 361 g/mol. The van der Waals surface area contributed by atoms with Gasteiger partial charge in [-0.25, -0.2) is 4.39 Å². The average Bonchev–Trinajstić information content (AvgIpc) is 2.70. The molecule has 0 radical (unpaired) electrons. The number of anilines is 2. The second-order valence-corrected chi connectivity index (χ2v) is 5.81. The molecule has 0 aliphatic carbocycles. The third kappa shape index (κ3) is 4.91. The van der Waals surface area contributed by atoms with Gasteiger partial charge in [0.1, 0.15) is 17.3 Å². The van der Waals surface area contributed by atoms with Gasteiger partial charge in [0.2, 0.25) is 0 Å². The van der Waals surface area contributed by atoms with Crippen LogP contribution in [0.2, 0.25) is 0 Å². The molecule has 0 atom stereocenters. The maximum absolute atomic E-state index is 13.2. The molecule has 6 nitrogen and oxygen atoms in total. The van der Waals surface area contributed by atoms with Gasteiger partial charge in [0.25, 0.3) is 11.8 Å². The van der Waals surface area contributed by atoms with Crippen LogP contribution in [0.25, 0.3) is 0 Å². The van der Waals surface area contributed by atoms with Crippen LogP contribution in [0.1, 0.15) is 27.8 Å². The molecule has 0 spiro atoms. The molecule has 3 rings (SSSR count). The lowest BCUT2D eigenvalue weighted by molar-refractivity contribution is 0.102. The van der Waals surface area contributed by atoms with Gasteiger partial charge in [0.15, 0.2) is 0 Å². The van der Waals surface area contributed by atoms with Crippen molar-refractivity contribution in [2.24, 2.45) is 0 Å². The van der Waals surface area contributed by atoms with Crippen molar-refractivity contribution in [3.63, 3.8) is 0 Å². The normalized spacial score (nSPS) is 10.2. The summed E-state index contributed by atoms with van der Waals surface area (Å²) >= 11 is 0. The van der Waals surface area contributed by atoms with Crippen molar-refractivity contribution in [3.8, 4) is 5.75 Å². The highest BCUT2D eigenvalue weighted by molar-refractivity contribution is 6.07. The van der Waals surface area contributed by atoms with Crippen molar-refractivity contribution in [1.29, 1.82) is 0 Å². The summed E-state index contributed by atoms with van der Waals surface area (Å²) in [6.45, 7) is 2.44. The number of ether oxygens (including phenoxy) is 1. The molecule has 1 aromatic heterocycles. The highest BCUT2D eigenvalue weighted by Gasteiger charge is 2.13. The molecule has 0 unspecified atom stereocenters. The average molecular weight is 379 g/mol. The van der Waals surface area contributed by atoms with E-state index in [1.807, 2.05) is 6.92 Å². The van der Waals surface area contributed by atoms with E-state index in [0.717, 1.165) is 0 Å². The lowest BCUT2D eigenvalue weighted by atomic mass is 10.2. The molecule has 7 heteroatoms. The number of hydrogen-bond donors (Lipinski definition) is 2. The first kappa shape index (κ1) is 19.0. The lowest BCUT2D eigenvalue weighted by Crippen LogP contribution is -2.17. The highest BCUT2D eigenvalue weighted by Crippen LogP contribution is 2.17. The van der Waals surface area contributed by atoms with Gasteiger partial charge in [0, 0.05) is 23.1 Å². The molecule has 28 heavy (non-hydrogen) atoms. The standard InChI is InChI=1S/C21H18FN3O3/c1-2-28-18-8-6-16(7-9-18)24-21(27)19-12-14(10-11-23-19)20(26)25-17-5-3-4-15(22)13-17/h3-13H,2H2,1H3,(H,24,27)(H,25,26). The summed E-state index contributed by atoms with van der Waals surface area (Å²) in [5.74, 6) is -0.676. The molecule has 0 saturated carbocycles. The number of benzene rings is 2. The molecule has 0 fully saturated rings. The fourth-order valence-corrected chi connectivity index (χ4v) is 2.46. The topological polar surface area (TPSA) is 80.3 Å². The summed E-state index contributed by atoms with van der Waals surface area (Å²) in [7, 11) is 0. The fourth-order valence-electron chi connectivity index (χ4n) is 2.46. The molecule has 142 valence electrons. The van der Waals surface area contributed by atoms with Crippen LogP contribution in [0.4, 0.5) is 15.8 Å². The zero-order valence-electron chi connectivity index (χ0n) is 15.1. The number of carbonyl (C=O) groups is 2. The maximum atomic E-state index is 13.2. The SMILES string of the molecule is CCOc1ccc(NC(=O)c2cc(C(=O)Nc3cccc(F)c3)ccn2)cc1. The van der Waals surface area contributed by atoms with Gasteiger partial charge in [-0.15, -0.1) is 0 Å². The van der Waals surface area contributed by atoms with E-state index < -0.39 is 17.6 Å². The van der Waals surface area contributed by atoms with Gasteiger partial charge in [-0.2, -0.15) is 0 Å². The first-order chi connectivity index (χ1) is 13.5. The van der Waals surface area contributed by atoms with E-state index in [9.17, 15) is 14.0 Å². The van der Waals surface area contributed by atoms with E-state index in [-0.39, 0.29) is 11.3 Å². The number of halogens is 1. The summed E-state index contributed by atoms with van der Waals surface area (Å²) in [4.78, 5) is 28.8. The van der Waals surface area contributed by atoms with Crippen LogP contribution in [-0.4, -0.2) is 23.4 Å². The molecule has 3 aromatic rings. The Balaban J connectivity index is 1.69. The van der Waals surface area contributed by atoms with Crippen molar-refractivity contribution >= 4 is 23.2 Å². The third-order valence-electron chi connectivity index (χ3n) is 3.76. The highest BCUT2D eigenvalue weighted by atomic mass is 19.1. The van der Waals surface area contributed by atoms with Crippen LogP contribution in [0, 0.1) is 5.82 Å². The predicted molar refractivity (Wildman–Crippen MR) is 104 cm³/mol. The zero-order valence-corrected chi connectivity index (χ0v) is 15.1. The Hall–Kier alpha value is -3.74. The first-order valence-electron chi connectivity index (χ1n) is 8.62. The van der Waals surface area contributed by atoms with E-state index in [0.29, 0.717) is 23.7 Å². The second-order valence-electron chi connectivity index (χ2n) is 5.81. The molecule has 2 amide bonds. The Bertz CT molecular complexity index is 990. The molecular formula is C21H18FN3O3. The molecule has 1 heterocycles. The number of aromatic nitrogens is 1. The number of nitrogens with one attached hydrogen (secondary N) is 2. The van der Waals surface area contributed by atoms with E-state index >= 15 is 0 Å². The second kappa shape index (κ2) is 8.77. The summed E-state index contributed by atoms with van der Waals surface area (Å²) in [6.07, 6.45) is 1.37. The van der Waals surface area contributed by atoms with Gasteiger partial charge in [-0.3, -0.25) is 14.6 Å². The van der Waals surface area contributed by atoms with E-state index in [1.54, 1.807) is 30.3 Å². The van der Waals surface area contributed by atoms with E-state index in [1.165, 1.54) is 36.5 Å². The molecule has 0 saturated heterocycles. The van der Waals surface area contributed by atoms with Crippen molar-refractivity contribution in [1.82, 2.24) is 4.98 Å². The largest absolute Gasteiger partial charge is 0.494 e. The summed E-state index contributed by atoms with van der Waals surface area (Å²) < 4.78 is 18.6. The Labute approximate surface area is 161 Å². The molecule has 0 aliphatic rings. The van der Waals surface area contributed by atoms with Gasteiger partial charge in [-0.05, 0) is 61.5 Å². The first-order valence-corrected chi connectivity index (χ1v) is 8.62. The predicted octanol–water partition coefficient (Wildman–Crippen LogP) is 4.12. The van der Waals surface area contributed by atoms with E-state index in [4.69, 9.17) is 4.74 Å². The summed E-state index contributed by atoms with van der Waals surface area (Å²) in [6, 6.07) is 15.3.